The van der Waals surface area contributed by atoms with Crippen LogP contribution in [0.15, 0.2) is 18.2 Å². The third kappa shape index (κ3) is 2.80. The molecule has 2 N–H and O–H groups in total. The van der Waals surface area contributed by atoms with E-state index in [-0.39, 0.29) is 18.4 Å². The maximum absolute atomic E-state index is 11.1. The van der Waals surface area contributed by atoms with Crippen molar-refractivity contribution in [1.82, 2.24) is 0 Å². The Labute approximate surface area is 90.2 Å². The van der Waals surface area contributed by atoms with Crippen LogP contribution in [0.1, 0.15) is 29.2 Å². The Bertz CT molecular complexity index is 361. The second-order valence-corrected chi connectivity index (χ2v) is 3.68. The van der Waals surface area contributed by atoms with E-state index >= 15 is 0 Å². The minimum absolute atomic E-state index is 0.223. The molecule has 0 aliphatic heterocycles. The summed E-state index contributed by atoms with van der Waals surface area (Å²) in [5.74, 6) is -0.275. The molecule has 0 saturated heterocycles. The molecule has 0 aromatic heterocycles. The van der Waals surface area contributed by atoms with E-state index in [0.29, 0.717) is 0 Å². The number of rotatable bonds is 3. The fraction of sp³-hybridized carbons (Fsp3) is 0.417. The third-order valence-electron chi connectivity index (χ3n) is 2.66. The molecule has 0 saturated carbocycles. The predicted octanol–water partition coefficient (Wildman–Crippen LogP) is 1.87. The molecule has 0 unspecified atom stereocenters. The van der Waals surface area contributed by atoms with Gasteiger partial charge in [-0.05, 0) is 30.5 Å². The number of esters is 1. The Morgan fingerprint density at radius 1 is 1.47 bits per heavy atom. The minimum Gasteiger partial charge on any atom is -0.469 e. The molecule has 15 heavy (non-hydrogen) atoms. The van der Waals surface area contributed by atoms with Gasteiger partial charge >= 0.3 is 5.97 Å². The van der Waals surface area contributed by atoms with Crippen molar-refractivity contribution in [3.8, 4) is 0 Å². The molecule has 0 radical (unpaired) electrons. The molecule has 82 valence electrons. The van der Waals surface area contributed by atoms with Crippen molar-refractivity contribution in [3.63, 3.8) is 0 Å². The lowest BCUT2D eigenvalue weighted by Crippen LogP contribution is -2.17. The molecular weight excluding hydrogens is 190 g/mol. The van der Waals surface area contributed by atoms with Gasteiger partial charge < -0.3 is 10.5 Å². The quantitative estimate of drug-likeness (QED) is 0.770. The summed E-state index contributed by atoms with van der Waals surface area (Å²) < 4.78 is 4.59. The highest BCUT2D eigenvalue weighted by Crippen LogP contribution is 2.21. The van der Waals surface area contributed by atoms with Crippen LogP contribution in [0.5, 0.6) is 0 Å². The normalized spacial score (nSPS) is 12.3. The van der Waals surface area contributed by atoms with Crippen LogP contribution in [0.25, 0.3) is 0 Å². The fourth-order valence-electron chi connectivity index (χ4n) is 1.55. The van der Waals surface area contributed by atoms with Crippen LogP contribution < -0.4 is 5.73 Å². The molecule has 0 bridgehead atoms. The zero-order valence-electron chi connectivity index (χ0n) is 9.41. The van der Waals surface area contributed by atoms with E-state index in [9.17, 15) is 4.79 Å². The number of carbonyl (C=O) groups is 1. The summed E-state index contributed by atoms with van der Waals surface area (Å²) in [6.45, 7) is 4.05. The number of hydrogen-bond acceptors (Lipinski definition) is 3. The Kier molecular flexibility index (Phi) is 3.86. The van der Waals surface area contributed by atoms with E-state index in [1.165, 1.54) is 12.7 Å². The van der Waals surface area contributed by atoms with Gasteiger partial charge in [-0.2, -0.15) is 0 Å². The average molecular weight is 207 g/mol. The monoisotopic (exact) mass is 207 g/mol. The van der Waals surface area contributed by atoms with Crippen LogP contribution in [0, 0.1) is 13.8 Å². The third-order valence-corrected chi connectivity index (χ3v) is 2.66. The van der Waals surface area contributed by atoms with Gasteiger partial charge in [-0.15, -0.1) is 0 Å². The van der Waals surface area contributed by atoms with Crippen molar-refractivity contribution in [3.05, 3.63) is 34.9 Å². The number of carbonyl (C=O) groups excluding carboxylic acids is 1. The summed E-state index contributed by atoms with van der Waals surface area (Å²) in [7, 11) is 1.37. The van der Waals surface area contributed by atoms with Gasteiger partial charge in [-0.3, -0.25) is 4.79 Å². The molecule has 3 heteroatoms. The van der Waals surface area contributed by atoms with Crippen LogP contribution in [0.2, 0.25) is 0 Å². The first-order chi connectivity index (χ1) is 7.06. The van der Waals surface area contributed by atoms with Crippen LogP contribution in [-0.2, 0) is 9.53 Å². The van der Waals surface area contributed by atoms with Gasteiger partial charge in [0.15, 0.2) is 0 Å². The van der Waals surface area contributed by atoms with Crippen molar-refractivity contribution in [2.24, 2.45) is 5.73 Å². The van der Waals surface area contributed by atoms with Crippen LogP contribution in [0.4, 0.5) is 0 Å². The van der Waals surface area contributed by atoms with E-state index in [2.05, 4.69) is 4.74 Å². The smallest absolute Gasteiger partial charge is 0.307 e. The van der Waals surface area contributed by atoms with Gasteiger partial charge in [0.05, 0.1) is 13.5 Å². The Hall–Kier alpha value is -1.35. The molecule has 0 aliphatic rings. The zero-order chi connectivity index (χ0) is 11.4. The van der Waals surface area contributed by atoms with Crippen LogP contribution in [-0.4, -0.2) is 13.1 Å². The first-order valence-electron chi connectivity index (χ1n) is 4.94. The highest BCUT2D eigenvalue weighted by molar-refractivity contribution is 5.70. The first-order valence-corrected chi connectivity index (χ1v) is 4.94. The van der Waals surface area contributed by atoms with Gasteiger partial charge in [0.2, 0.25) is 0 Å². The number of ether oxygens (including phenoxy) is 1. The van der Waals surface area contributed by atoms with Crippen molar-refractivity contribution in [2.75, 3.05) is 7.11 Å². The van der Waals surface area contributed by atoms with Crippen LogP contribution >= 0.6 is 0 Å². The second kappa shape index (κ2) is 4.94. The van der Waals surface area contributed by atoms with Crippen LogP contribution in [0.3, 0.4) is 0 Å². The Morgan fingerprint density at radius 2 is 2.13 bits per heavy atom. The average Bonchev–Trinajstić information content (AvgIpc) is 2.21. The molecule has 0 heterocycles. The van der Waals surface area contributed by atoms with Crippen molar-refractivity contribution in [1.29, 1.82) is 0 Å². The lowest BCUT2D eigenvalue weighted by Gasteiger charge is -2.14. The predicted molar refractivity (Wildman–Crippen MR) is 59.5 cm³/mol. The van der Waals surface area contributed by atoms with E-state index in [4.69, 9.17) is 5.73 Å². The standard InChI is InChI=1S/C12H17NO2/c1-8-5-4-6-10(9(8)2)11(13)7-12(14)15-3/h4-6,11H,7,13H2,1-3H3/t11-/m0/s1. The first kappa shape index (κ1) is 11.7. The number of aryl methyl sites for hydroxylation is 1. The zero-order valence-corrected chi connectivity index (χ0v) is 9.41. The summed E-state index contributed by atoms with van der Waals surface area (Å²) in [5, 5.41) is 0. The summed E-state index contributed by atoms with van der Waals surface area (Å²) in [5.41, 5.74) is 9.29. The maximum Gasteiger partial charge on any atom is 0.307 e. The van der Waals surface area contributed by atoms with E-state index in [0.717, 1.165) is 11.1 Å². The Morgan fingerprint density at radius 3 is 2.73 bits per heavy atom. The van der Waals surface area contributed by atoms with Crippen molar-refractivity contribution in [2.45, 2.75) is 26.3 Å². The molecule has 3 nitrogen and oxygen atoms in total. The molecular formula is C12H17NO2. The van der Waals surface area contributed by atoms with Gasteiger partial charge in [-0.1, -0.05) is 18.2 Å². The molecule has 1 rings (SSSR count). The van der Waals surface area contributed by atoms with Gasteiger partial charge in [0.25, 0.3) is 0 Å². The largest absolute Gasteiger partial charge is 0.469 e. The lowest BCUT2D eigenvalue weighted by atomic mass is 9.96. The minimum atomic E-state index is -0.280. The van der Waals surface area contributed by atoms with Crippen molar-refractivity contribution >= 4 is 5.97 Å². The van der Waals surface area contributed by atoms with Gasteiger partial charge in [0, 0.05) is 6.04 Å². The van der Waals surface area contributed by atoms with Crippen molar-refractivity contribution < 1.29 is 9.53 Å². The number of nitrogens with two attached hydrogens (primary N) is 1. The van der Waals surface area contributed by atoms with E-state index < -0.39 is 0 Å². The highest BCUT2D eigenvalue weighted by Gasteiger charge is 2.14. The van der Waals surface area contributed by atoms with Gasteiger partial charge in [0.1, 0.15) is 0 Å². The summed E-state index contributed by atoms with van der Waals surface area (Å²) in [6.07, 6.45) is 0.223. The van der Waals surface area contributed by atoms with E-state index in [1.807, 2.05) is 32.0 Å². The molecule has 0 fully saturated rings. The molecule has 0 amide bonds. The number of hydrogen-bond donors (Lipinski definition) is 1. The highest BCUT2D eigenvalue weighted by atomic mass is 16.5. The lowest BCUT2D eigenvalue weighted by molar-refractivity contribution is -0.141. The summed E-state index contributed by atoms with van der Waals surface area (Å²) in [6, 6.07) is 5.66. The van der Waals surface area contributed by atoms with E-state index in [1.54, 1.807) is 0 Å². The molecule has 0 aliphatic carbocycles. The number of methoxy groups -OCH3 is 1. The summed E-state index contributed by atoms with van der Waals surface area (Å²) in [4.78, 5) is 11.1. The topological polar surface area (TPSA) is 52.3 Å². The second-order valence-electron chi connectivity index (χ2n) is 3.68. The van der Waals surface area contributed by atoms with Gasteiger partial charge in [-0.25, -0.2) is 0 Å². The maximum atomic E-state index is 11.1. The fourth-order valence-corrected chi connectivity index (χ4v) is 1.55. The molecule has 1 atom stereocenters. The Balaban J connectivity index is 2.86. The molecule has 1 aromatic carbocycles. The molecule has 0 spiro atoms. The summed E-state index contributed by atoms with van der Waals surface area (Å²) >= 11 is 0. The SMILES string of the molecule is COC(=O)C[C@H](N)c1cccc(C)c1C. The number of benzene rings is 1. The molecule has 1 aromatic rings.